The molecule has 156 valence electrons. The number of benzene rings is 2. The molecule has 0 heterocycles. The zero-order valence-electron chi connectivity index (χ0n) is 17.0. The molecule has 0 bridgehead atoms. The highest BCUT2D eigenvalue weighted by Gasteiger charge is 2.28. The number of amides is 2. The van der Waals surface area contributed by atoms with Crippen LogP contribution in [0.1, 0.15) is 33.3 Å². The summed E-state index contributed by atoms with van der Waals surface area (Å²) in [4.78, 5) is 27.0. The van der Waals surface area contributed by atoms with Crippen molar-refractivity contribution in [2.75, 3.05) is 6.61 Å². The molecule has 0 aliphatic heterocycles. The molecule has 5 nitrogen and oxygen atoms in total. The van der Waals surface area contributed by atoms with Gasteiger partial charge < -0.3 is 15.0 Å². The highest BCUT2D eigenvalue weighted by molar-refractivity contribution is 9.10. The Labute approximate surface area is 179 Å². The van der Waals surface area contributed by atoms with Crippen LogP contribution in [-0.4, -0.2) is 34.9 Å². The van der Waals surface area contributed by atoms with Gasteiger partial charge in [0, 0.05) is 16.6 Å². The molecule has 0 unspecified atom stereocenters. The Morgan fingerprint density at radius 3 is 2.48 bits per heavy atom. The van der Waals surface area contributed by atoms with Crippen molar-refractivity contribution in [2.45, 2.75) is 45.8 Å². The van der Waals surface area contributed by atoms with Gasteiger partial charge in [0.05, 0.1) is 0 Å². The molecule has 0 fully saturated rings. The van der Waals surface area contributed by atoms with E-state index in [-0.39, 0.29) is 24.8 Å². The van der Waals surface area contributed by atoms with Gasteiger partial charge in [-0.15, -0.1) is 0 Å². The van der Waals surface area contributed by atoms with E-state index in [1.165, 1.54) is 17.0 Å². The third-order valence-electron chi connectivity index (χ3n) is 4.10. The number of nitrogens with zero attached hydrogens (tertiary/aromatic N) is 1. The van der Waals surface area contributed by atoms with Crippen LogP contribution < -0.4 is 10.1 Å². The lowest BCUT2D eigenvalue weighted by Crippen LogP contribution is -2.53. The fourth-order valence-corrected chi connectivity index (χ4v) is 3.12. The highest BCUT2D eigenvalue weighted by atomic mass is 79.9. The van der Waals surface area contributed by atoms with Crippen LogP contribution in [0.15, 0.2) is 53.0 Å². The maximum Gasteiger partial charge on any atom is 0.261 e. The van der Waals surface area contributed by atoms with Gasteiger partial charge in [0.15, 0.2) is 18.2 Å². The van der Waals surface area contributed by atoms with Crippen LogP contribution in [0.3, 0.4) is 0 Å². The number of halogens is 2. The summed E-state index contributed by atoms with van der Waals surface area (Å²) < 4.78 is 20.0. The first kappa shape index (κ1) is 22.9. The Morgan fingerprint density at radius 1 is 1.17 bits per heavy atom. The van der Waals surface area contributed by atoms with E-state index in [0.29, 0.717) is 0 Å². The van der Waals surface area contributed by atoms with Crippen molar-refractivity contribution in [3.63, 3.8) is 0 Å². The van der Waals surface area contributed by atoms with E-state index < -0.39 is 23.3 Å². The second kappa shape index (κ2) is 9.87. The minimum Gasteiger partial charge on any atom is -0.481 e. The van der Waals surface area contributed by atoms with Crippen molar-refractivity contribution in [1.29, 1.82) is 0 Å². The van der Waals surface area contributed by atoms with Crippen molar-refractivity contribution in [3.05, 3.63) is 64.4 Å². The van der Waals surface area contributed by atoms with Gasteiger partial charge in [-0.25, -0.2) is 4.39 Å². The lowest BCUT2D eigenvalue weighted by Gasteiger charge is -2.31. The number of para-hydroxylation sites is 1. The zero-order chi connectivity index (χ0) is 21.6. The smallest absolute Gasteiger partial charge is 0.261 e. The summed E-state index contributed by atoms with van der Waals surface area (Å²) in [6.45, 7) is 7.14. The minimum absolute atomic E-state index is 0.00458. The predicted octanol–water partition coefficient (Wildman–Crippen LogP) is 4.30. The van der Waals surface area contributed by atoms with Crippen LogP contribution in [0.4, 0.5) is 4.39 Å². The van der Waals surface area contributed by atoms with E-state index in [4.69, 9.17) is 4.74 Å². The molecule has 2 aromatic rings. The van der Waals surface area contributed by atoms with Crippen molar-refractivity contribution in [2.24, 2.45) is 0 Å². The van der Waals surface area contributed by atoms with Crippen molar-refractivity contribution >= 4 is 27.7 Å². The van der Waals surface area contributed by atoms with Gasteiger partial charge in [-0.05, 0) is 57.5 Å². The first-order valence-electron chi connectivity index (χ1n) is 9.30. The number of carbonyl (C=O) groups excluding carboxylic acids is 2. The molecule has 2 aromatic carbocycles. The van der Waals surface area contributed by atoms with E-state index in [2.05, 4.69) is 21.2 Å². The normalized spacial score (nSPS) is 12.2. The van der Waals surface area contributed by atoms with Crippen LogP contribution in [-0.2, 0) is 16.1 Å². The SMILES string of the molecule is C[C@H](C(=O)NC(C)(C)C)N(Cc1cccc(Br)c1)C(=O)COc1ccccc1F. The molecule has 0 radical (unpaired) electrons. The summed E-state index contributed by atoms with van der Waals surface area (Å²) in [7, 11) is 0. The Morgan fingerprint density at radius 2 is 1.86 bits per heavy atom. The lowest BCUT2D eigenvalue weighted by molar-refractivity contribution is -0.142. The van der Waals surface area contributed by atoms with Gasteiger partial charge in [0.25, 0.3) is 5.91 Å². The maximum absolute atomic E-state index is 13.8. The van der Waals surface area contributed by atoms with E-state index in [0.717, 1.165) is 10.0 Å². The van der Waals surface area contributed by atoms with E-state index in [9.17, 15) is 14.0 Å². The summed E-state index contributed by atoms with van der Waals surface area (Å²) in [5.41, 5.74) is 0.425. The van der Waals surface area contributed by atoms with Crippen molar-refractivity contribution in [3.8, 4) is 5.75 Å². The predicted molar refractivity (Wildman–Crippen MR) is 114 cm³/mol. The quantitative estimate of drug-likeness (QED) is 0.664. The maximum atomic E-state index is 13.8. The number of nitrogens with one attached hydrogen (secondary N) is 1. The summed E-state index contributed by atoms with van der Waals surface area (Å²) >= 11 is 3.42. The number of hydrogen-bond acceptors (Lipinski definition) is 3. The lowest BCUT2D eigenvalue weighted by atomic mass is 10.1. The summed E-state index contributed by atoms with van der Waals surface area (Å²) in [6, 6.07) is 12.7. The fourth-order valence-electron chi connectivity index (χ4n) is 2.67. The molecular formula is C22H26BrFN2O3. The summed E-state index contributed by atoms with van der Waals surface area (Å²) in [5.74, 6) is -1.23. The Bertz CT molecular complexity index is 867. The second-order valence-electron chi connectivity index (χ2n) is 7.79. The Kier molecular flexibility index (Phi) is 7.79. The van der Waals surface area contributed by atoms with Crippen LogP contribution in [0, 0.1) is 5.82 Å². The van der Waals surface area contributed by atoms with Gasteiger partial charge in [0.1, 0.15) is 6.04 Å². The Balaban J connectivity index is 2.19. The average Bonchev–Trinajstić information content (AvgIpc) is 2.63. The van der Waals surface area contributed by atoms with Crippen LogP contribution in [0.2, 0.25) is 0 Å². The molecule has 0 aliphatic rings. The molecule has 2 amide bonds. The highest BCUT2D eigenvalue weighted by Crippen LogP contribution is 2.18. The first-order chi connectivity index (χ1) is 13.6. The molecule has 0 aliphatic carbocycles. The molecular weight excluding hydrogens is 439 g/mol. The molecule has 0 saturated carbocycles. The third kappa shape index (κ3) is 7.16. The topological polar surface area (TPSA) is 58.6 Å². The molecule has 29 heavy (non-hydrogen) atoms. The van der Waals surface area contributed by atoms with Gasteiger partial charge in [-0.3, -0.25) is 9.59 Å². The van der Waals surface area contributed by atoms with Gasteiger partial charge in [-0.1, -0.05) is 40.2 Å². The van der Waals surface area contributed by atoms with Crippen molar-refractivity contribution in [1.82, 2.24) is 10.2 Å². The van der Waals surface area contributed by atoms with Crippen LogP contribution in [0.25, 0.3) is 0 Å². The summed E-state index contributed by atoms with van der Waals surface area (Å²) in [6.07, 6.45) is 0. The third-order valence-corrected chi connectivity index (χ3v) is 4.59. The number of rotatable bonds is 7. The molecule has 0 saturated heterocycles. The van der Waals surface area contributed by atoms with E-state index in [1.54, 1.807) is 19.1 Å². The molecule has 0 spiro atoms. The second-order valence-corrected chi connectivity index (χ2v) is 8.70. The molecule has 0 aromatic heterocycles. The minimum atomic E-state index is -0.732. The first-order valence-corrected chi connectivity index (χ1v) is 10.1. The largest absolute Gasteiger partial charge is 0.481 e. The Hall–Kier alpha value is -2.41. The zero-order valence-corrected chi connectivity index (χ0v) is 18.6. The van der Waals surface area contributed by atoms with E-state index >= 15 is 0 Å². The molecule has 2 rings (SSSR count). The molecule has 7 heteroatoms. The van der Waals surface area contributed by atoms with Crippen molar-refractivity contribution < 1.29 is 18.7 Å². The summed E-state index contributed by atoms with van der Waals surface area (Å²) in [5, 5.41) is 2.89. The number of ether oxygens (including phenoxy) is 1. The molecule has 1 N–H and O–H groups in total. The van der Waals surface area contributed by atoms with E-state index in [1.807, 2.05) is 45.0 Å². The molecule has 1 atom stereocenters. The van der Waals surface area contributed by atoms with Gasteiger partial charge in [0.2, 0.25) is 5.91 Å². The standard InChI is InChI=1S/C22H26BrFN2O3/c1-15(21(28)25-22(2,3)4)26(13-16-8-7-9-17(23)12-16)20(27)14-29-19-11-6-5-10-18(19)24/h5-12,15H,13-14H2,1-4H3,(H,25,28)/t15-/m1/s1. The monoisotopic (exact) mass is 464 g/mol. The van der Waals surface area contributed by atoms with Gasteiger partial charge in [-0.2, -0.15) is 0 Å². The number of hydrogen-bond donors (Lipinski definition) is 1. The number of carbonyl (C=O) groups is 2. The fraction of sp³-hybridized carbons (Fsp3) is 0.364. The average molecular weight is 465 g/mol. The van der Waals surface area contributed by atoms with Gasteiger partial charge >= 0.3 is 0 Å². The van der Waals surface area contributed by atoms with Crippen LogP contribution in [0.5, 0.6) is 5.75 Å². The van der Waals surface area contributed by atoms with Crippen LogP contribution >= 0.6 is 15.9 Å².